The maximum Gasteiger partial charge on any atom is 0.253 e. The fraction of sp³-hybridized carbons (Fsp3) is 0.407. The van der Waals surface area contributed by atoms with E-state index >= 15 is 0 Å². The Bertz CT molecular complexity index is 1310. The minimum atomic E-state index is -0.285. The van der Waals surface area contributed by atoms with E-state index in [1.165, 1.54) is 17.5 Å². The van der Waals surface area contributed by atoms with Crippen LogP contribution >= 0.6 is 0 Å². The van der Waals surface area contributed by atoms with Gasteiger partial charge >= 0.3 is 0 Å². The molecule has 0 saturated carbocycles. The molecule has 4 aromatic rings. The van der Waals surface area contributed by atoms with Crippen molar-refractivity contribution >= 4 is 10.9 Å². The predicted octanol–water partition coefficient (Wildman–Crippen LogP) is 4.14. The van der Waals surface area contributed by atoms with Crippen LogP contribution in [-0.4, -0.2) is 43.2 Å². The maximum absolute atomic E-state index is 13.4. The quantitative estimate of drug-likeness (QED) is 0.452. The van der Waals surface area contributed by atoms with Gasteiger partial charge in [0.05, 0.1) is 0 Å². The number of rotatable bonds is 7. The largest absolute Gasteiger partial charge is 0.322 e. The Hall–Kier alpha value is -3.32. The first-order chi connectivity index (χ1) is 16.6. The van der Waals surface area contributed by atoms with E-state index < -0.39 is 0 Å². The normalized spacial score (nSPS) is 17.8. The van der Waals surface area contributed by atoms with Crippen LogP contribution in [-0.2, 0) is 19.4 Å². The molecule has 176 valence electrons. The van der Waals surface area contributed by atoms with Crippen LogP contribution in [0.3, 0.4) is 0 Å². The molecular weight excluding hydrogens is 424 g/mol. The fourth-order valence-electron chi connectivity index (χ4n) is 5.10. The highest BCUT2D eigenvalue weighted by atomic mass is 16.1. The SMILES string of the molecule is CCc1ccc2[nH]c(=O)c([C@@H](c3nnnn3CCc3ccccc3)N3CCC[C@H](C)C3)cc2c1. The van der Waals surface area contributed by atoms with Crippen molar-refractivity contribution in [2.24, 2.45) is 5.92 Å². The second-order valence-electron chi connectivity index (χ2n) is 9.47. The Labute approximate surface area is 199 Å². The van der Waals surface area contributed by atoms with Gasteiger partial charge in [0.15, 0.2) is 5.82 Å². The Morgan fingerprint density at radius 1 is 1.12 bits per heavy atom. The number of aryl methyl sites for hydroxylation is 3. The van der Waals surface area contributed by atoms with Crippen molar-refractivity contribution in [1.82, 2.24) is 30.1 Å². The average Bonchev–Trinajstić information content (AvgIpc) is 3.32. The number of H-pyrrole nitrogens is 1. The molecular formula is C27H32N6O. The molecule has 7 nitrogen and oxygen atoms in total. The smallest absolute Gasteiger partial charge is 0.253 e. The zero-order chi connectivity index (χ0) is 23.5. The summed E-state index contributed by atoms with van der Waals surface area (Å²) in [7, 11) is 0. The molecule has 1 aliphatic heterocycles. The van der Waals surface area contributed by atoms with Crippen LogP contribution in [0.2, 0.25) is 0 Å². The van der Waals surface area contributed by atoms with Gasteiger partial charge < -0.3 is 4.98 Å². The molecule has 0 radical (unpaired) electrons. The molecule has 3 heterocycles. The number of benzene rings is 2. The summed E-state index contributed by atoms with van der Waals surface area (Å²) in [6, 6.07) is 18.4. The Morgan fingerprint density at radius 2 is 1.97 bits per heavy atom. The zero-order valence-corrected chi connectivity index (χ0v) is 19.9. The van der Waals surface area contributed by atoms with Crippen molar-refractivity contribution in [1.29, 1.82) is 0 Å². The van der Waals surface area contributed by atoms with Crippen molar-refractivity contribution in [3.63, 3.8) is 0 Å². The number of pyridine rings is 1. The monoisotopic (exact) mass is 456 g/mol. The van der Waals surface area contributed by atoms with Gasteiger partial charge in [0, 0.05) is 24.2 Å². The lowest BCUT2D eigenvalue weighted by Gasteiger charge is -2.36. The van der Waals surface area contributed by atoms with Gasteiger partial charge in [0.25, 0.3) is 5.56 Å². The number of hydrogen-bond acceptors (Lipinski definition) is 5. The third kappa shape index (κ3) is 4.66. The minimum Gasteiger partial charge on any atom is -0.322 e. The number of hydrogen-bond donors (Lipinski definition) is 1. The molecule has 0 amide bonds. The molecule has 0 unspecified atom stereocenters. The van der Waals surface area contributed by atoms with E-state index in [9.17, 15) is 4.79 Å². The molecule has 7 heteroatoms. The molecule has 1 aliphatic rings. The topological polar surface area (TPSA) is 79.7 Å². The number of aromatic amines is 1. The summed E-state index contributed by atoms with van der Waals surface area (Å²) >= 11 is 0. The zero-order valence-electron chi connectivity index (χ0n) is 19.9. The average molecular weight is 457 g/mol. The number of tetrazole rings is 1. The van der Waals surface area contributed by atoms with Crippen molar-refractivity contribution in [2.75, 3.05) is 13.1 Å². The minimum absolute atomic E-state index is 0.0717. The van der Waals surface area contributed by atoms with Crippen LogP contribution in [0.15, 0.2) is 59.4 Å². The first-order valence-electron chi connectivity index (χ1n) is 12.3. The molecule has 0 bridgehead atoms. The number of nitrogens with zero attached hydrogens (tertiary/aromatic N) is 5. The van der Waals surface area contributed by atoms with Gasteiger partial charge in [-0.25, -0.2) is 4.68 Å². The molecule has 1 fully saturated rings. The third-order valence-electron chi connectivity index (χ3n) is 6.95. The molecule has 1 N–H and O–H groups in total. The summed E-state index contributed by atoms with van der Waals surface area (Å²) < 4.78 is 1.88. The van der Waals surface area contributed by atoms with E-state index in [2.05, 4.69) is 63.5 Å². The number of aromatic nitrogens is 5. The highest BCUT2D eigenvalue weighted by molar-refractivity contribution is 5.80. The predicted molar refractivity (Wildman–Crippen MR) is 134 cm³/mol. The number of fused-ring (bicyclic) bond motifs is 1. The number of piperidine rings is 1. The lowest BCUT2D eigenvalue weighted by Crippen LogP contribution is -2.41. The van der Waals surface area contributed by atoms with Crippen molar-refractivity contribution in [2.45, 2.75) is 52.1 Å². The van der Waals surface area contributed by atoms with Gasteiger partial charge in [-0.1, -0.05) is 50.2 Å². The molecule has 34 heavy (non-hydrogen) atoms. The summed E-state index contributed by atoms with van der Waals surface area (Å²) in [5.74, 6) is 1.30. The van der Waals surface area contributed by atoms with Crippen LogP contribution < -0.4 is 5.56 Å². The molecule has 1 saturated heterocycles. The van der Waals surface area contributed by atoms with E-state index in [0.717, 1.165) is 49.1 Å². The Balaban J connectivity index is 1.57. The van der Waals surface area contributed by atoms with Crippen LogP contribution in [0.5, 0.6) is 0 Å². The highest BCUT2D eigenvalue weighted by Gasteiger charge is 2.32. The van der Waals surface area contributed by atoms with E-state index in [4.69, 9.17) is 0 Å². The molecule has 0 spiro atoms. The van der Waals surface area contributed by atoms with Crippen molar-refractivity contribution in [3.8, 4) is 0 Å². The lowest BCUT2D eigenvalue weighted by molar-refractivity contribution is 0.141. The molecule has 2 aromatic carbocycles. The molecule has 5 rings (SSSR count). The molecule has 0 aliphatic carbocycles. The molecule has 2 aromatic heterocycles. The summed E-state index contributed by atoms with van der Waals surface area (Å²) in [5, 5.41) is 13.9. The highest BCUT2D eigenvalue weighted by Crippen LogP contribution is 2.31. The van der Waals surface area contributed by atoms with Crippen LogP contribution in [0.4, 0.5) is 0 Å². The first kappa shape index (κ1) is 22.5. The summed E-state index contributed by atoms with van der Waals surface area (Å²) in [5.41, 5.74) is 3.99. The number of likely N-dealkylation sites (tertiary alicyclic amines) is 1. The van der Waals surface area contributed by atoms with Gasteiger partial charge in [-0.3, -0.25) is 9.69 Å². The van der Waals surface area contributed by atoms with E-state index in [0.29, 0.717) is 18.0 Å². The Kier molecular flexibility index (Phi) is 6.54. The van der Waals surface area contributed by atoms with Crippen LogP contribution in [0, 0.1) is 5.92 Å². The van der Waals surface area contributed by atoms with Gasteiger partial charge in [-0.15, -0.1) is 5.10 Å². The molecule has 2 atom stereocenters. The van der Waals surface area contributed by atoms with Gasteiger partial charge in [-0.2, -0.15) is 0 Å². The van der Waals surface area contributed by atoms with Crippen molar-refractivity contribution in [3.05, 3.63) is 87.5 Å². The van der Waals surface area contributed by atoms with E-state index in [-0.39, 0.29) is 11.6 Å². The number of nitrogens with one attached hydrogen (secondary N) is 1. The van der Waals surface area contributed by atoms with Gasteiger partial charge in [0.2, 0.25) is 0 Å². The maximum atomic E-state index is 13.4. The van der Waals surface area contributed by atoms with Crippen LogP contribution in [0.1, 0.15) is 55.2 Å². The summed E-state index contributed by atoms with van der Waals surface area (Å²) in [6.07, 6.45) is 4.09. The van der Waals surface area contributed by atoms with Gasteiger partial charge in [-0.05, 0) is 83.3 Å². The second-order valence-corrected chi connectivity index (χ2v) is 9.47. The summed E-state index contributed by atoms with van der Waals surface area (Å²) in [4.78, 5) is 18.9. The standard InChI is InChI=1S/C27H32N6O/c1-3-20-11-12-24-22(16-20)17-23(27(34)28-24)25(32-14-7-8-19(2)18-32)26-29-30-31-33(26)15-13-21-9-5-4-6-10-21/h4-6,9-12,16-17,19,25H,3,7-8,13-15,18H2,1-2H3,(H,28,34)/t19-,25-/m0/s1. The van der Waals surface area contributed by atoms with Gasteiger partial charge in [0.1, 0.15) is 6.04 Å². The van der Waals surface area contributed by atoms with E-state index in [1.54, 1.807) is 0 Å². The van der Waals surface area contributed by atoms with Crippen LogP contribution in [0.25, 0.3) is 10.9 Å². The lowest BCUT2D eigenvalue weighted by atomic mass is 9.95. The third-order valence-corrected chi connectivity index (χ3v) is 6.95. The fourth-order valence-corrected chi connectivity index (χ4v) is 5.10. The first-order valence-corrected chi connectivity index (χ1v) is 12.3. The van der Waals surface area contributed by atoms with Crippen molar-refractivity contribution < 1.29 is 0 Å². The summed E-state index contributed by atoms with van der Waals surface area (Å²) in [6.45, 7) is 6.93. The second kappa shape index (κ2) is 9.89. The Morgan fingerprint density at radius 3 is 2.76 bits per heavy atom. The van der Waals surface area contributed by atoms with E-state index in [1.807, 2.05) is 35.0 Å².